The van der Waals surface area contributed by atoms with Gasteiger partial charge < -0.3 is 15.4 Å². The van der Waals surface area contributed by atoms with E-state index in [-0.39, 0.29) is 17.9 Å². The largest absolute Gasteiger partial charge is 0.379 e. The fraction of sp³-hybridized carbons (Fsp3) is 0.917. The van der Waals surface area contributed by atoms with Crippen molar-refractivity contribution in [2.24, 2.45) is 11.3 Å². The minimum absolute atomic E-state index is 0.270. The Morgan fingerprint density at radius 1 is 1.38 bits per heavy atom. The first kappa shape index (κ1) is 10.5. The number of carbonyl (C=O) groups is 1. The van der Waals surface area contributed by atoms with E-state index in [1.165, 1.54) is 12.8 Å². The van der Waals surface area contributed by atoms with Gasteiger partial charge in [-0.05, 0) is 44.2 Å². The molecule has 1 amide bonds. The van der Waals surface area contributed by atoms with Crippen molar-refractivity contribution in [3.05, 3.63) is 0 Å². The molecule has 3 fully saturated rings. The third kappa shape index (κ3) is 1.84. The Hall–Kier alpha value is -0.610. The summed E-state index contributed by atoms with van der Waals surface area (Å²) in [5.41, 5.74) is 0.356. The number of nitrogens with one attached hydrogen (secondary N) is 2. The minimum atomic E-state index is 0.270. The topological polar surface area (TPSA) is 50.4 Å². The van der Waals surface area contributed by atoms with Gasteiger partial charge in [0.1, 0.15) is 0 Å². The van der Waals surface area contributed by atoms with Gasteiger partial charge in [0.2, 0.25) is 5.91 Å². The van der Waals surface area contributed by atoms with Gasteiger partial charge in [-0.3, -0.25) is 4.79 Å². The Morgan fingerprint density at radius 2 is 2.19 bits per heavy atom. The molecule has 2 atom stereocenters. The van der Waals surface area contributed by atoms with E-state index in [9.17, 15) is 4.79 Å². The van der Waals surface area contributed by atoms with Crippen LogP contribution in [0.3, 0.4) is 0 Å². The molecule has 0 aromatic heterocycles. The minimum Gasteiger partial charge on any atom is -0.379 e. The lowest BCUT2D eigenvalue weighted by Crippen LogP contribution is -2.38. The molecule has 1 aliphatic carbocycles. The first-order valence-corrected chi connectivity index (χ1v) is 6.39. The summed E-state index contributed by atoms with van der Waals surface area (Å²) in [6, 6.07) is 0.270. The molecule has 4 nitrogen and oxygen atoms in total. The molecule has 3 rings (SSSR count). The highest BCUT2D eigenvalue weighted by molar-refractivity contribution is 5.82. The van der Waals surface area contributed by atoms with Crippen molar-refractivity contribution in [2.45, 2.75) is 31.7 Å². The van der Waals surface area contributed by atoms with Crippen LogP contribution >= 0.6 is 0 Å². The molecule has 2 saturated heterocycles. The van der Waals surface area contributed by atoms with Gasteiger partial charge in [-0.2, -0.15) is 0 Å². The first-order chi connectivity index (χ1) is 7.80. The summed E-state index contributed by atoms with van der Waals surface area (Å²) in [5, 5.41) is 6.49. The van der Waals surface area contributed by atoms with Crippen LogP contribution in [0.2, 0.25) is 0 Å². The van der Waals surface area contributed by atoms with Crippen LogP contribution in [0.1, 0.15) is 25.7 Å². The van der Waals surface area contributed by atoms with Crippen LogP contribution < -0.4 is 10.6 Å². The fourth-order valence-electron chi connectivity index (χ4n) is 3.15. The molecule has 0 bridgehead atoms. The van der Waals surface area contributed by atoms with Gasteiger partial charge in [0.15, 0.2) is 0 Å². The number of piperidine rings is 1. The van der Waals surface area contributed by atoms with E-state index in [4.69, 9.17) is 4.74 Å². The predicted molar refractivity (Wildman–Crippen MR) is 60.0 cm³/mol. The molecule has 3 aliphatic rings. The number of hydrogen-bond acceptors (Lipinski definition) is 3. The van der Waals surface area contributed by atoms with Crippen molar-refractivity contribution in [1.29, 1.82) is 0 Å². The van der Waals surface area contributed by atoms with E-state index in [2.05, 4.69) is 10.6 Å². The zero-order valence-electron chi connectivity index (χ0n) is 9.63. The quantitative estimate of drug-likeness (QED) is 0.708. The first-order valence-electron chi connectivity index (χ1n) is 6.39. The van der Waals surface area contributed by atoms with E-state index in [1.807, 2.05) is 0 Å². The summed E-state index contributed by atoms with van der Waals surface area (Å²) in [5.74, 6) is 0.563. The normalized spacial score (nSPS) is 36.2. The smallest absolute Gasteiger partial charge is 0.223 e. The molecule has 0 aromatic carbocycles. The van der Waals surface area contributed by atoms with Crippen LogP contribution in [0, 0.1) is 11.3 Å². The van der Waals surface area contributed by atoms with E-state index in [1.54, 1.807) is 0 Å². The second-order valence-corrected chi connectivity index (χ2v) is 5.44. The molecular formula is C12H20N2O2. The molecule has 0 aromatic rings. The second kappa shape index (κ2) is 4.00. The van der Waals surface area contributed by atoms with Crippen molar-refractivity contribution in [3.63, 3.8) is 0 Å². The van der Waals surface area contributed by atoms with Gasteiger partial charge in [-0.15, -0.1) is 0 Å². The van der Waals surface area contributed by atoms with Crippen LogP contribution in [0.15, 0.2) is 0 Å². The molecule has 2 N–H and O–H groups in total. The van der Waals surface area contributed by atoms with E-state index < -0.39 is 0 Å². The molecule has 1 spiro atoms. The molecule has 2 heterocycles. The van der Waals surface area contributed by atoms with Crippen LogP contribution in [0.4, 0.5) is 0 Å². The Balaban J connectivity index is 1.52. The Morgan fingerprint density at radius 3 is 2.88 bits per heavy atom. The number of hydrogen-bond donors (Lipinski definition) is 2. The number of rotatable bonds is 2. The zero-order chi connectivity index (χ0) is 11.0. The van der Waals surface area contributed by atoms with Crippen molar-refractivity contribution in [1.82, 2.24) is 10.6 Å². The van der Waals surface area contributed by atoms with Crippen molar-refractivity contribution in [2.75, 3.05) is 26.3 Å². The lowest BCUT2D eigenvalue weighted by molar-refractivity contribution is -0.124. The molecule has 16 heavy (non-hydrogen) atoms. The predicted octanol–water partition coefficient (Wildman–Crippen LogP) is 0.281. The molecule has 1 saturated carbocycles. The second-order valence-electron chi connectivity index (χ2n) is 5.44. The number of amides is 1. The van der Waals surface area contributed by atoms with Gasteiger partial charge in [0, 0.05) is 12.5 Å². The molecular weight excluding hydrogens is 204 g/mol. The van der Waals surface area contributed by atoms with Crippen LogP contribution in [0.25, 0.3) is 0 Å². The van der Waals surface area contributed by atoms with E-state index in [0.717, 1.165) is 32.5 Å². The van der Waals surface area contributed by atoms with Crippen LogP contribution in [-0.4, -0.2) is 38.3 Å². The van der Waals surface area contributed by atoms with Gasteiger partial charge >= 0.3 is 0 Å². The highest BCUT2D eigenvalue weighted by atomic mass is 16.5. The highest BCUT2D eigenvalue weighted by Crippen LogP contribution is 2.58. The maximum atomic E-state index is 12.0. The average molecular weight is 224 g/mol. The Bertz CT molecular complexity index is 281. The highest BCUT2D eigenvalue weighted by Gasteiger charge is 2.57. The summed E-state index contributed by atoms with van der Waals surface area (Å²) < 4.78 is 5.27. The van der Waals surface area contributed by atoms with Gasteiger partial charge in [-0.25, -0.2) is 0 Å². The van der Waals surface area contributed by atoms with E-state index >= 15 is 0 Å². The fourth-order valence-corrected chi connectivity index (χ4v) is 3.15. The monoisotopic (exact) mass is 224 g/mol. The van der Waals surface area contributed by atoms with Gasteiger partial charge in [0.25, 0.3) is 0 Å². The van der Waals surface area contributed by atoms with Crippen LogP contribution in [-0.2, 0) is 9.53 Å². The third-order valence-electron chi connectivity index (χ3n) is 4.38. The lowest BCUT2D eigenvalue weighted by Gasteiger charge is -2.23. The van der Waals surface area contributed by atoms with Crippen molar-refractivity contribution < 1.29 is 9.53 Å². The summed E-state index contributed by atoms with van der Waals surface area (Å²) in [7, 11) is 0. The third-order valence-corrected chi connectivity index (χ3v) is 4.38. The summed E-state index contributed by atoms with van der Waals surface area (Å²) in [6.07, 6.45) is 4.43. The molecule has 90 valence electrons. The maximum Gasteiger partial charge on any atom is 0.223 e. The van der Waals surface area contributed by atoms with E-state index in [0.29, 0.717) is 12.0 Å². The SMILES string of the molecule is O=C(NC1CCOC1)C1CC12CCNCC2. The molecule has 2 aliphatic heterocycles. The molecule has 2 unspecified atom stereocenters. The Labute approximate surface area is 96.1 Å². The standard InChI is InChI=1S/C12H20N2O2/c15-11(14-9-1-6-16-8-9)10-7-12(10)2-4-13-5-3-12/h9-10,13H,1-8H2,(H,14,15). The Kier molecular flexibility index (Phi) is 2.64. The van der Waals surface area contributed by atoms with Crippen molar-refractivity contribution in [3.8, 4) is 0 Å². The van der Waals surface area contributed by atoms with Gasteiger partial charge in [-0.1, -0.05) is 0 Å². The van der Waals surface area contributed by atoms with Crippen molar-refractivity contribution >= 4 is 5.91 Å². The molecule has 0 radical (unpaired) electrons. The van der Waals surface area contributed by atoms with Crippen LogP contribution in [0.5, 0.6) is 0 Å². The lowest BCUT2D eigenvalue weighted by atomic mass is 9.91. The summed E-state index contributed by atoms with van der Waals surface area (Å²) >= 11 is 0. The molecule has 4 heteroatoms. The number of ether oxygens (including phenoxy) is 1. The van der Waals surface area contributed by atoms with Gasteiger partial charge in [0.05, 0.1) is 12.6 Å². The maximum absolute atomic E-state index is 12.0. The average Bonchev–Trinajstić information content (AvgIpc) is 2.76. The number of carbonyl (C=O) groups excluding carboxylic acids is 1. The summed E-state index contributed by atoms with van der Waals surface area (Å²) in [6.45, 7) is 3.66. The zero-order valence-corrected chi connectivity index (χ0v) is 9.63. The summed E-state index contributed by atoms with van der Waals surface area (Å²) in [4.78, 5) is 12.0.